The first-order valence-corrected chi connectivity index (χ1v) is 8.34. The van der Waals surface area contributed by atoms with Crippen molar-refractivity contribution < 1.29 is 13.6 Å². The summed E-state index contributed by atoms with van der Waals surface area (Å²) in [5, 5.41) is 2.62. The summed E-state index contributed by atoms with van der Waals surface area (Å²) >= 11 is 0. The maximum Gasteiger partial charge on any atom is 0.321 e. The molecule has 6 heteroatoms. The molecule has 1 heterocycles. The minimum atomic E-state index is -0.973. The number of rotatable bonds is 3. The Morgan fingerprint density at radius 2 is 1.68 bits per heavy atom. The Bertz CT molecular complexity index is 731. The van der Waals surface area contributed by atoms with Gasteiger partial charge in [0.2, 0.25) is 0 Å². The number of benzene rings is 2. The Labute approximate surface area is 146 Å². The first kappa shape index (κ1) is 17.4. The molecule has 2 aromatic carbocycles. The van der Waals surface area contributed by atoms with Crippen molar-refractivity contribution in [1.29, 1.82) is 0 Å². The largest absolute Gasteiger partial charge is 0.322 e. The lowest BCUT2D eigenvalue weighted by Gasteiger charge is -2.38. The second-order valence-corrected chi connectivity index (χ2v) is 6.17. The molecule has 0 radical (unpaired) electrons. The molecule has 2 aromatic rings. The van der Waals surface area contributed by atoms with Gasteiger partial charge in [0, 0.05) is 44.0 Å². The van der Waals surface area contributed by atoms with Crippen molar-refractivity contribution in [1.82, 2.24) is 9.80 Å². The standard InChI is InChI=1S/C19H21F2N3O/c1-14(15-5-3-2-4-6-15)23-9-11-24(12-10-23)19(25)22-16-7-8-17(20)18(21)13-16/h2-8,13-14H,9-12H2,1H3,(H,22,25). The second kappa shape index (κ2) is 7.61. The number of carbonyl (C=O) groups excluding carboxylic acids is 1. The maximum atomic E-state index is 13.2. The summed E-state index contributed by atoms with van der Waals surface area (Å²) in [5.41, 5.74) is 1.51. The number of hydrogen-bond acceptors (Lipinski definition) is 2. The third-order valence-electron chi connectivity index (χ3n) is 4.60. The van der Waals surface area contributed by atoms with Gasteiger partial charge in [-0.3, -0.25) is 4.90 Å². The monoisotopic (exact) mass is 345 g/mol. The zero-order valence-corrected chi connectivity index (χ0v) is 14.1. The molecule has 1 aliphatic rings. The number of nitrogens with one attached hydrogen (secondary N) is 1. The summed E-state index contributed by atoms with van der Waals surface area (Å²) in [5.74, 6) is -1.90. The van der Waals surface area contributed by atoms with Crippen LogP contribution in [0.4, 0.5) is 19.3 Å². The summed E-state index contributed by atoms with van der Waals surface area (Å²) in [6.07, 6.45) is 0. The summed E-state index contributed by atoms with van der Waals surface area (Å²) in [6.45, 7) is 4.87. The number of anilines is 1. The number of nitrogens with zero attached hydrogens (tertiary/aromatic N) is 2. The van der Waals surface area contributed by atoms with E-state index in [0.717, 1.165) is 25.2 Å². The van der Waals surface area contributed by atoms with E-state index in [-0.39, 0.29) is 17.8 Å². The zero-order chi connectivity index (χ0) is 17.8. The number of amides is 2. The normalized spacial score (nSPS) is 16.5. The van der Waals surface area contributed by atoms with Crippen molar-refractivity contribution in [3.8, 4) is 0 Å². The third-order valence-corrected chi connectivity index (χ3v) is 4.60. The van der Waals surface area contributed by atoms with E-state index in [9.17, 15) is 13.6 Å². The van der Waals surface area contributed by atoms with Gasteiger partial charge in [-0.1, -0.05) is 30.3 Å². The van der Waals surface area contributed by atoms with Gasteiger partial charge in [0.15, 0.2) is 11.6 Å². The van der Waals surface area contributed by atoms with Gasteiger partial charge in [0.05, 0.1) is 0 Å². The second-order valence-electron chi connectivity index (χ2n) is 6.17. The molecule has 0 aliphatic carbocycles. The maximum absolute atomic E-state index is 13.2. The van der Waals surface area contributed by atoms with Crippen LogP contribution in [-0.4, -0.2) is 42.0 Å². The van der Waals surface area contributed by atoms with E-state index in [1.807, 2.05) is 18.2 Å². The highest BCUT2D eigenvalue weighted by atomic mass is 19.2. The Hall–Kier alpha value is -2.47. The molecule has 0 saturated carbocycles. The molecule has 25 heavy (non-hydrogen) atoms. The van der Waals surface area contributed by atoms with E-state index in [1.54, 1.807) is 4.90 Å². The molecule has 0 bridgehead atoms. The van der Waals surface area contributed by atoms with Crippen molar-refractivity contribution in [2.75, 3.05) is 31.5 Å². The van der Waals surface area contributed by atoms with Crippen molar-refractivity contribution in [3.05, 3.63) is 65.7 Å². The fraction of sp³-hybridized carbons (Fsp3) is 0.316. The molecule has 1 fully saturated rings. The van der Waals surface area contributed by atoms with Gasteiger partial charge in [-0.05, 0) is 24.6 Å². The molecule has 3 rings (SSSR count). The average Bonchev–Trinajstić information content (AvgIpc) is 2.65. The highest BCUT2D eigenvalue weighted by Crippen LogP contribution is 2.21. The van der Waals surface area contributed by atoms with Crippen LogP contribution in [0.15, 0.2) is 48.5 Å². The Morgan fingerprint density at radius 3 is 2.32 bits per heavy atom. The van der Waals surface area contributed by atoms with E-state index in [0.29, 0.717) is 13.1 Å². The quantitative estimate of drug-likeness (QED) is 0.916. The van der Waals surface area contributed by atoms with Crippen molar-refractivity contribution in [3.63, 3.8) is 0 Å². The zero-order valence-electron chi connectivity index (χ0n) is 14.1. The predicted octanol–water partition coefficient (Wildman–Crippen LogP) is 3.88. The summed E-state index contributed by atoms with van der Waals surface area (Å²) in [7, 11) is 0. The van der Waals surface area contributed by atoms with E-state index < -0.39 is 11.6 Å². The van der Waals surface area contributed by atoms with E-state index in [4.69, 9.17) is 0 Å². The molecule has 4 nitrogen and oxygen atoms in total. The number of hydrogen-bond donors (Lipinski definition) is 1. The van der Waals surface area contributed by atoms with Crippen LogP contribution in [-0.2, 0) is 0 Å². The number of urea groups is 1. The minimum absolute atomic E-state index is 0.254. The lowest BCUT2D eigenvalue weighted by molar-refractivity contribution is 0.119. The Morgan fingerprint density at radius 1 is 1.00 bits per heavy atom. The van der Waals surface area contributed by atoms with Gasteiger partial charge in [-0.2, -0.15) is 0 Å². The van der Waals surface area contributed by atoms with Crippen LogP contribution in [0.5, 0.6) is 0 Å². The first-order chi connectivity index (χ1) is 12.0. The van der Waals surface area contributed by atoms with Crippen LogP contribution >= 0.6 is 0 Å². The van der Waals surface area contributed by atoms with Crippen LogP contribution in [0, 0.1) is 11.6 Å². The molecular weight excluding hydrogens is 324 g/mol. The van der Waals surface area contributed by atoms with Gasteiger partial charge in [-0.15, -0.1) is 0 Å². The van der Waals surface area contributed by atoms with Gasteiger partial charge in [-0.25, -0.2) is 13.6 Å². The predicted molar refractivity (Wildman–Crippen MR) is 93.4 cm³/mol. The molecular formula is C19H21F2N3O. The van der Waals surface area contributed by atoms with Crippen molar-refractivity contribution in [2.24, 2.45) is 0 Å². The van der Waals surface area contributed by atoms with Crippen LogP contribution in [0.2, 0.25) is 0 Å². The Balaban J connectivity index is 1.54. The van der Waals surface area contributed by atoms with Gasteiger partial charge in [0.1, 0.15) is 0 Å². The molecule has 1 aliphatic heterocycles. The molecule has 2 amide bonds. The Kier molecular flexibility index (Phi) is 5.28. The fourth-order valence-corrected chi connectivity index (χ4v) is 3.03. The molecule has 0 aromatic heterocycles. The van der Waals surface area contributed by atoms with E-state index >= 15 is 0 Å². The van der Waals surface area contributed by atoms with Gasteiger partial charge >= 0.3 is 6.03 Å². The number of halogens is 2. The van der Waals surface area contributed by atoms with E-state index in [2.05, 4.69) is 29.3 Å². The summed E-state index contributed by atoms with van der Waals surface area (Å²) in [4.78, 5) is 16.3. The summed E-state index contributed by atoms with van der Waals surface area (Å²) < 4.78 is 26.2. The third kappa shape index (κ3) is 4.14. The number of piperazine rings is 1. The highest BCUT2D eigenvalue weighted by molar-refractivity contribution is 5.89. The molecule has 1 saturated heterocycles. The van der Waals surface area contributed by atoms with Crippen molar-refractivity contribution in [2.45, 2.75) is 13.0 Å². The van der Waals surface area contributed by atoms with Gasteiger partial charge in [0.25, 0.3) is 0 Å². The smallest absolute Gasteiger partial charge is 0.321 e. The van der Waals surface area contributed by atoms with Crippen LogP contribution in [0.1, 0.15) is 18.5 Å². The molecule has 1 atom stereocenters. The number of carbonyl (C=O) groups is 1. The van der Waals surface area contributed by atoms with Crippen molar-refractivity contribution >= 4 is 11.7 Å². The van der Waals surface area contributed by atoms with Gasteiger partial charge < -0.3 is 10.2 Å². The molecule has 0 spiro atoms. The molecule has 1 unspecified atom stereocenters. The lowest BCUT2D eigenvalue weighted by atomic mass is 10.1. The fourth-order valence-electron chi connectivity index (χ4n) is 3.03. The van der Waals surface area contributed by atoms with Crippen LogP contribution < -0.4 is 5.32 Å². The lowest BCUT2D eigenvalue weighted by Crippen LogP contribution is -2.50. The average molecular weight is 345 g/mol. The van der Waals surface area contributed by atoms with Crippen LogP contribution in [0.3, 0.4) is 0 Å². The minimum Gasteiger partial charge on any atom is -0.322 e. The summed E-state index contributed by atoms with van der Waals surface area (Å²) in [6, 6.07) is 13.6. The topological polar surface area (TPSA) is 35.6 Å². The molecule has 132 valence electrons. The van der Waals surface area contributed by atoms with E-state index in [1.165, 1.54) is 11.6 Å². The SMILES string of the molecule is CC(c1ccccc1)N1CCN(C(=O)Nc2ccc(F)c(F)c2)CC1. The van der Waals surface area contributed by atoms with Crippen LogP contribution in [0.25, 0.3) is 0 Å². The highest BCUT2D eigenvalue weighted by Gasteiger charge is 2.24. The molecule has 1 N–H and O–H groups in total. The first-order valence-electron chi connectivity index (χ1n) is 8.34.